The highest BCUT2D eigenvalue weighted by Crippen LogP contribution is 2.25. The van der Waals surface area contributed by atoms with Crippen molar-refractivity contribution in [2.45, 2.75) is 13.0 Å². The summed E-state index contributed by atoms with van der Waals surface area (Å²) in [4.78, 5) is 24.5. The molecule has 1 aromatic rings. The number of nitrogens with two attached hydrogens (primary N) is 1. The predicted molar refractivity (Wildman–Crippen MR) is 68.1 cm³/mol. The first-order valence-electron chi connectivity index (χ1n) is 5.97. The molecular formula is C11H17N5O3. The maximum atomic E-state index is 11.6. The van der Waals surface area contributed by atoms with Crippen LogP contribution in [0.4, 0.5) is 5.82 Å². The number of nitrogens with zero attached hydrogens (tertiary/aromatic N) is 3. The molecular weight excluding hydrogens is 250 g/mol. The molecule has 0 saturated carbocycles. The maximum absolute atomic E-state index is 11.6. The third kappa shape index (κ3) is 2.26. The van der Waals surface area contributed by atoms with Gasteiger partial charge in [-0.05, 0) is 6.92 Å². The molecule has 1 unspecified atom stereocenters. The minimum Gasteiger partial charge on any atom is -0.480 e. The zero-order valence-corrected chi connectivity index (χ0v) is 10.9. The Bertz CT molecular complexity index is 525. The van der Waals surface area contributed by atoms with Crippen molar-refractivity contribution in [3.8, 4) is 0 Å². The number of hydrogen-bond acceptors (Lipinski definition) is 5. The molecule has 0 spiro atoms. The highest BCUT2D eigenvalue weighted by atomic mass is 16.4. The summed E-state index contributed by atoms with van der Waals surface area (Å²) < 4.78 is 1.51. The van der Waals surface area contributed by atoms with Crippen LogP contribution in [0.1, 0.15) is 16.1 Å². The molecule has 0 radical (unpaired) electrons. The number of rotatable bonds is 3. The molecule has 2 heterocycles. The molecule has 1 amide bonds. The van der Waals surface area contributed by atoms with E-state index in [0.29, 0.717) is 31.1 Å². The van der Waals surface area contributed by atoms with Gasteiger partial charge in [0.25, 0.3) is 5.91 Å². The number of carbonyl (C=O) groups is 2. The van der Waals surface area contributed by atoms with Gasteiger partial charge in [-0.3, -0.25) is 9.48 Å². The van der Waals surface area contributed by atoms with Crippen molar-refractivity contribution in [2.75, 3.05) is 24.5 Å². The van der Waals surface area contributed by atoms with Crippen molar-refractivity contribution in [3.05, 3.63) is 11.3 Å². The van der Waals surface area contributed by atoms with Gasteiger partial charge in [-0.2, -0.15) is 5.10 Å². The summed E-state index contributed by atoms with van der Waals surface area (Å²) in [5.41, 5.74) is 6.17. The van der Waals surface area contributed by atoms with Crippen molar-refractivity contribution in [3.63, 3.8) is 0 Å². The second-order valence-corrected chi connectivity index (χ2v) is 4.52. The molecule has 1 aliphatic heterocycles. The summed E-state index contributed by atoms with van der Waals surface area (Å²) >= 11 is 0. The van der Waals surface area contributed by atoms with E-state index in [4.69, 9.17) is 5.73 Å². The van der Waals surface area contributed by atoms with Gasteiger partial charge in [0.05, 0.1) is 5.69 Å². The largest absolute Gasteiger partial charge is 0.480 e. The monoisotopic (exact) mass is 267 g/mol. The van der Waals surface area contributed by atoms with Gasteiger partial charge in [0, 0.05) is 26.7 Å². The average molecular weight is 267 g/mol. The van der Waals surface area contributed by atoms with Crippen molar-refractivity contribution >= 4 is 17.7 Å². The molecule has 1 saturated heterocycles. The Morgan fingerprint density at radius 1 is 1.53 bits per heavy atom. The third-order valence-corrected chi connectivity index (χ3v) is 3.24. The minimum absolute atomic E-state index is 0.288. The molecule has 8 nitrogen and oxygen atoms in total. The number of primary amides is 1. The second kappa shape index (κ2) is 4.88. The number of piperazine rings is 1. The summed E-state index contributed by atoms with van der Waals surface area (Å²) in [7, 11) is 1.68. The number of amides is 1. The van der Waals surface area contributed by atoms with Crippen molar-refractivity contribution in [1.82, 2.24) is 15.1 Å². The van der Waals surface area contributed by atoms with E-state index in [0.717, 1.165) is 0 Å². The van der Waals surface area contributed by atoms with Gasteiger partial charge in [-0.15, -0.1) is 0 Å². The zero-order chi connectivity index (χ0) is 14.2. The fraction of sp³-hybridized carbons (Fsp3) is 0.545. The second-order valence-electron chi connectivity index (χ2n) is 4.52. The Morgan fingerprint density at radius 2 is 2.21 bits per heavy atom. The van der Waals surface area contributed by atoms with Crippen LogP contribution in [-0.4, -0.2) is 52.4 Å². The molecule has 1 fully saturated rings. The summed E-state index contributed by atoms with van der Waals surface area (Å²) in [5.74, 6) is -1.07. The number of hydrogen-bond donors (Lipinski definition) is 3. The Balaban J connectivity index is 2.50. The first-order chi connectivity index (χ1) is 8.93. The quantitative estimate of drug-likeness (QED) is 0.626. The Labute approximate surface area is 110 Å². The zero-order valence-electron chi connectivity index (χ0n) is 10.9. The molecule has 104 valence electrons. The van der Waals surface area contributed by atoms with E-state index in [1.54, 1.807) is 18.9 Å². The van der Waals surface area contributed by atoms with Gasteiger partial charge < -0.3 is 21.1 Å². The highest BCUT2D eigenvalue weighted by Gasteiger charge is 2.33. The standard InChI is InChI=1S/C11H17N5O3/c1-6-8(9(12)17)10(15(2)14-6)16-4-3-13-5-7(16)11(18)19/h7,13H,3-5H2,1-2H3,(H2,12,17)(H,18,19). The number of anilines is 1. The molecule has 2 rings (SSSR count). The molecule has 0 aliphatic carbocycles. The van der Waals surface area contributed by atoms with Crippen LogP contribution in [-0.2, 0) is 11.8 Å². The minimum atomic E-state index is -0.943. The number of carboxylic acids is 1. The lowest BCUT2D eigenvalue weighted by Gasteiger charge is -2.35. The first-order valence-corrected chi connectivity index (χ1v) is 5.97. The van der Waals surface area contributed by atoms with E-state index in [-0.39, 0.29) is 5.56 Å². The van der Waals surface area contributed by atoms with Crippen LogP contribution in [0.3, 0.4) is 0 Å². The fourth-order valence-electron chi connectivity index (χ4n) is 2.44. The normalized spacial score (nSPS) is 19.5. The Morgan fingerprint density at radius 3 is 2.79 bits per heavy atom. The SMILES string of the molecule is Cc1nn(C)c(N2CCNCC2C(=O)O)c1C(N)=O. The van der Waals surface area contributed by atoms with Gasteiger partial charge in [0.15, 0.2) is 0 Å². The highest BCUT2D eigenvalue weighted by molar-refractivity contribution is 5.99. The Kier molecular flexibility index (Phi) is 3.43. The molecule has 1 aliphatic rings. The van der Waals surface area contributed by atoms with Gasteiger partial charge in [-0.1, -0.05) is 0 Å². The lowest BCUT2D eigenvalue weighted by Crippen LogP contribution is -2.56. The summed E-state index contributed by atoms with van der Waals surface area (Å²) in [6.07, 6.45) is 0. The lowest BCUT2D eigenvalue weighted by atomic mass is 10.1. The molecule has 1 aromatic heterocycles. The van der Waals surface area contributed by atoms with E-state index in [9.17, 15) is 14.7 Å². The van der Waals surface area contributed by atoms with Gasteiger partial charge in [-0.25, -0.2) is 4.79 Å². The number of aryl methyl sites for hydroxylation is 2. The van der Waals surface area contributed by atoms with Crippen LogP contribution < -0.4 is 16.0 Å². The third-order valence-electron chi connectivity index (χ3n) is 3.24. The van der Waals surface area contributed by atoms with Gasteiger partial charge in [0.1, 0.15) is 17.4 Å². The smallest absolute Gasteiger partial charge is 0.327 e. The fourth-order valence-corrected chi connectivity index (χ4v) is 2.44. The molecule has 0 aromatic carbocycles. The number of carbonyl (C=O) groups excluding carboxylic acids is 1. The molecule has 1 atom stereocenters. The number of aromatic nitrogens is 2. The van der Waals surface area contributed by atoms with Crippen LogP contribution >= 0.6 is 0 Å². The van der Waals surface area contributed by atoms with E-state index in [1.807, 2.05) is 0 Å². The van der Waals surface area contributed by atoms with Crippen molar-refractivity contribution in [2.24, 2.45) is 12.8 Å². The number of carboxylic acid groups (broad SMARTS) is 1. The number of nitrogens with one attached hydrogen (secondary N) is 1. The van der Waals surface area contributed by atoms with Crippen molar-refractivity contribution in [1.29, 1.82) is 0 Å². The van der Waals surface area contributed by atoms with E-state index in [2.05, 4.69) is 10.4 Å². The molecule has 19 heavy (non-hydrogen) atoms. The van der Waals surface area contributed by atoms with Gasteiger partial charge in [0.2, 0.25) is 0 Å². The maximum Gasteiger partial charge on any atom is 0.327 e. The van der Waals surface area contributed by atoms with Crippen LogP contribution in [0.15, 0.2) is 0 Å². The summed E-state index contributed by atoms with van der Waals surface area (Å²) in [6.45, 7) is 3.13. The predicted octanol–water partition coefficient (Wildman–Crippen LogP) is -1.31. The molecule has 4 N–H and O–H groups in total. The average Bonchev–Trinajstić information content (AvgIpc) is 2.64. The van der Waals surface area contributed by atoms with E-state index >= 15 is 0 Å². The van der Waals surface area contributed by atoms with Crippen LogP contribution in [0.25, 0.3) is 0 Å². The summed E-state index contributed by atoms with van der Waals surface area (Å²) in [6, 6.07) is -0.735. The number of aliphatic carboxylic acids is 1. The van der Waals surface area contributed by atoms with E-state index in [1.165, 1.54) is 4.68 Å². The van der Waals surface area contributed by atoms with Crippen LogP contribution in [0.5, 0.6) is 0 Å². The van der Waals surface area contributed by atoms with Gasteiger partial charge >= 0.3 is 5.97 Å². The molecule has 0 bridgehead atoms. The molecule has 8 heteroatoms. The Hall–Kier alpha value is -2.09. The van der Waals surface area contributed by atoms with E-state index < -0.39 is 17.9 Å². The summed E-state index contributed by atoms with van der Waals surface area (Å²) in [5, 5.41) is 16.5. The lowest BCUT2D eigenvalue weighted by molar-refractivity contribution is -0.138. The first kappa shape index (κ1) is 13.3. The topological polar surface area (TPSA) is 113 Å². The van der Waals surface area contributed by atoms with Crippen molar-refractivity contribution < 1.29 is 14.7 Å². The van der Waals surface area contributed by atoms with Crippen LogP contribution in [0.2, 0.25) is 0 Å². The van der Waals surface area contributed by atoms with Crippen LogP contribution in [0, 0.1) is 6.92 Å².